The summed E-state index contributed by atoms with van der Waals surface area (Å²) in [5.74, 6) is -2.96. The quantitative estimate of drug-likeness (QED) is 0.176. The lowest BCUT2D eigenvalue weighted by Crippen LogP contribution is -2.70. The van der Waals surface area contributed by atoms with E-state index in [4.69, 9.17) is 63.2 Å². The molecule has 3 rings (SSSR count). The average molecular weight is 718 g/mol. The maximum absolute atomic E-state index is 13.6. The lowest BCUT2D eigenvalue weighted by molar-refractivity contribution is -0.228. The van der Waals surface area contributed by atoms with E-state index in [-0.39, 0.29) is 13.0 Å². The first kappa shape index (κ1) is 37.8. The van der Waals surface area contributed by atoms with E-state index in [1.807, 2.05) is 12.1 Å². The first-order chi connectivity index (χ1) is 22.2. The zero-order chi connectivity index (χ0) is 34.6. The van der Waals surface area contributed by atoms with Gasteiger partial charge in [-0.25, -0.2) is 4.79 Å². The molecule has 2 N–H and O–H groups in total. The Morgan fingerprint density at radius 2 is 1.36 bits per heavy atom. The number of rotatable bonds is 13. The molecule has 6 atom stereocenters. The Kier molecular flexibility index (Phi) is 14.5. The van der Waals surface area contributed by atoms with Crippen LogP contribution >= 0.6 is 34.8 Å². The smallest absolute Gasteiger partial charge is 0.407 e. The number of hydrogen-bond donors (Lipinski definition) is 2. The summed E-state index contributed by atoms with van der Waals surface area (Å²) in [7, 11) is 0. The van der Waals surface area contributed by atoms with Crippen LogP contribution in [0.2, 0.25) is 0 Å². The zero-order valence-corrected chi connectivity index (χ0v) is 28.0. The molecule has 2 aromatic carbocycles. The molecule has 2 aromatic rings. The Balaban J connectivity index is 2.01. The summed E-state index contributed by atoms with van der Waals surface area (Å²) in [5.41, 5.74) is 1.49. The topological polar surface area (TPSA) is 165 Å². The van der Waals surface area contributed by atoms with Crippen LogP contribution in [0.1, 0.15) is 31.9 Å². The number of benzene rings is 2. The van der Waals surface area contributed by atoms with Gasteiger partial charge >= 0.3 is 30.0 Å². The highest BCUT2D eigenvalue weighted by Gasteiger charge is 2.52. The summed E-state index contributed by atoms with van der Waals surface area (Å²) in [5, 5.41) is 5.54. The second-order valence-corrected chi connectivity index (χ2v) is 12.9. The van der Waals surface area contributed by atoms with Crippen molar-refractivity contribution in [1.29, 1.82) is 0 Å². The second kappa shape index (κ2) is 18.1. The molecule has 0 bridgehead atoms. The molecular formula is C31H35Cl3N2O11. The van der Waals surface area contributed by atoms with Crippen molar-refractivity contribution in [2.24, 2.45) is 0 Å². The van der Waals surface area contributed by atoms with E-state index >= 15 is 0 Å². The molecule has 1 amide bonds. The molecule has 47 heavy (non-hydrogen) atoms. The molecule has 1 aliphatic heterocycles. The number of nitrogens with one attached hydrogen (secondary N) is 2. The predicted molar refractivity (Wildman–Crippen MR) is 168 cm³/mol. The normalized spacial score (nSPS) is 21.4. The standard InChI is InChI=1S/C31H35Cl3N2O11/c1-18(37)42-16-24-26(45-19(2)38)27(46-20(3)39)25(36-30(41)44-17-31(32,33)34)28(47-24)35-23(14-21-10-6-4-7-11-21)29(40)43-15-22-12-8-5-9-13-22/h4-13,23-28,35H,14-17H2,1-3H3,(H,36,41)/t23-,24+,25+,26+,27+,28+/m0/s1. The lowest BCUT2D eigenvalue weighted by Gasteiger charge is -2.46. The van der Waals surface area contributed by atoms with Crippen LogP contribution in [0.15, 0.2) is 60.7 Å². The van der Waals surface area contributed by atoms with Crippen LogP contribution in [0.4, 0.5) is 4.79 Å². The molecule has 13 nitrogen and oxygen atoms in total. The fourth-order valence-electron chi connectivity index (χ4n) is 4.65. The van der Waals surface area contributed by atoms with Crippen LogP contribution in [0, 0.1) is 0 Å². The minimum atomic E-state index is -1.95. The Bertz CT molecular complexity index is 1360. The van der Waals surface area contributed by atoms with Gasteiger partial charge in [0, 0.05) is 20.8 Å². The molecule has 256 valence electrons. The number of amides is 1. The van der Waals surface area contributed by atoms with Gasteiger partial charge in [0.25, 0.3) is 0 Å². The highest BCUT2D eigenvalue weighted by atomic mass is 35.6. The van der Waals surface area contributed by atoms with Crippen molar-refractivity contribution >= 4 is 64.8 Å². The fraction of sp³-hybridized carbons (Fsp3) is 0.452. The summed E-state index contributed by atoms with van der Waals surface area (Å²) >= 11 is 17.2. The molecule has 0 unspecified atom stereocenters. The Morgan fingerprint density at radius 1 is 0.787 bits per heavy atom. The molecule has 1 aliphatic rings. The number of halogens is 3. The molecule has 1 saturated heterocycles. The van der Waals surface area contributed by atoms with Gasteiger partial charge in [0.2, 0.25) is 3.79 Å². The molecule has 0 aliphatic carbocycles. The van der Waals surface area contributed by atoms with Gasteiger partial charge in [-0.3, -0.25) is 24.5 Å². The van der Waals surface area contributed by atoms with Gasteiger partial charge in [0.05, 0.1) is 0 Å². The number of hydrogen-bond acceptors (Lipinski definition) is 12. The van der Waals surface area contributed by atoms with E-state index < -0.39 is 83.6 Å². The van der Waals surface area contributed by atoms with Gasteiger partial charge in [0.1, 0.15) is 44.2 Å². The van der Waals surface area contributed by atoms with Crippen LogP contribution in [0.5, 0.6) is 0 Å². The SMILES string of the molecule is CC(=O)OC[C@H]1O[C@@H](N[C@@H](Cc2ccccc2)C(=O)OCc2ccccc2)[C@H](NC(=O)OCC(Cl)(Cl)Cl)[C@@H](OC(C)=O)[C@@H]1OC(C)=O. The van der Waals surface area contributed by atoms with Crippen molar-refractivity contribution in [1.82, 2.24) is 10.6 Å². The monoisotopic (exact) mass is 716 g/mol. The first-order valence-corrected chi connectivity index (χ1v) is 15.5. The van der Waals surface area contributed by atoms with E-state index in [0.717, 1.165) is 31.9 Å². The zero-order valence-electron chi connectivity index (χ0n) is 25.7. The highest BCUT2D eigenvalue weighted by molar-refractivity contribution is 6.67. The van der Waals surface area contributed by atoms with Crippen LogP contribution in [-0.4, -0.2) is 83.6 Å². The average Bonchev–Trinajstić information content (AvgIpc) is 3.00. The van der Waals surface area contributed by atoms with Gasteiger partial charge in [-0.05, 0) is 17.5 Å². The number of ether oxygens (including phenoxy) is 6. The van der Waals surface area contributed by atoms with Crippen LogP contribution in [0.3, 0.4) is 0 Å². The fourth-order valence-corrected chi connectivity index (χ4v) is 4.82. The highest BCUT2D eigenvalue weighted by Crippen LogP contribution is 2.28. The van der Waals surface area contributed by atoms with Crippen LogP contribution in [-0.2, 0) is 60.6 Å². The van der Waals surface area contributed by atoms with Crippen molar-refractivity contribution in [3.8, 4) is 0 Å². The molecule has 0 spiro atoms. The maximum Gasteiger partial charge on any atom is 0.407 e. The van der Waals surface area contributed by atoms with E-state index in [1.165, 1.54) is 0 Å². The molecule has 1 fully saturated rings. The van der Waals surface area contributed by atoms with E-state index in [2.05, 4.69) is 10.6 Å². The van der Waals surface area contributed by atoms with E-state index in [1.54, 1.807) is 48.5 Å². The Labute approximate surface area is 286 Å². The van der Waals surface area contributed by atoms with Gasteiger partial charge in [-0.1, -0.05) is 95.5 Å². The second-order valence-electron chi connectivity index (χ2n) is 10.4. The molecule has 1 heterocycles. The summed E-state index contributed by atoms with van der Waals surface area (Å²) in [6, 6.07) is 15.5. The minimum Gasteiger partial charge on any atom is -0.463 e. The van der Waals surface area contributed by atoms with Gasteiger partial charge < -0.3 is 33.7 Å². The summed E-state index contributed by atoms with van der Waals surface area (Å²) < 4.78 is 31.1. The number of carbonyl (C=O) groups excluding carboxylic acids is 5. The van der Waals surface area contributed by atoms with Crippen molar-refractivity contribution in [2.45, 2.75) is 74.2 Å². The van der Waals surface area contributed by atoms with Crippen molar-refractivity contribution in [2.75, 3.05) is 13.2 Å². The number of alkyl carbamates (subject to hydrolysis) is 1. The Morgan fingerprint density at radius 3 is 1.91 bits per heavy atom. The van der Waals surface area contributed by atoms with Crippen LogP contribution in [0.25, 0.3) is 0 Å². The first-order valence-electron chi connectivity index (χ1n) is 14.4. The van der Waals surface area contributed by atoms with Gasteiger partial charge in [-0.2, -0.15) is 0 Å². The van der Waals surface area contributed by atoms with Gasteiger partial charge in [0.15, 0.2) is 12.2 Å². The summed E-state index contributed by atoms with van der Waals surface area (Å²) in [4.78, 5) is 62.7. The molecule has 0 radical (unpaired) electrons. The lowest BCUT2D eigenvalue weighted by atomic mass is 9.94. The summed E-state index contributed by atoms with van der Waals surface area (Å²) in [6.07, 6.45) is -6.49. The maximum atomic E-state index is 13.6. The number of esters is 4. The van der Waals surface area contributed by atoms with Crippen molar-refractivity contribution in [3.05, 3.63) is 71.8 Å². The molecule has 0 saturated carbocycles. The van der Waals surface area contributed by atoms with Crippen molar-refractivity contribution < 1.29 is 52.4 Å². The minimum absolute atomic E-state index is 0.0388. The number of alkyl halides is 3. The predicted octanol–water partition coefficient (Wildman–Crippen LogP) is 3.55. The summed E-state index contributed by atoms with van der Waals surface area (Å²) in [6.45, 7) is 2.22. The van der Waals surface area contributed by atoms with E-state index in [9.17, 15) is 24.0 Å². The molecule has 16 heteroatoms. The van der Waals surface area contributed by atoms with Crippen molar-refractivity contribution in [3.63, 3.8) is 0 Å². The number of carbonyl (C=O) groups is 5. The third-order valence-electron chi connectivity index (χ3n) is 6.55. The molecule has 0 aromatic heterocycles. The van der Waals surface area contributed by atoms with Gasteiger partial charge in [-0.15, -0.1) is 0 Å². The Hall–Kier alpha value is -3.62. The largest absolute Gasteiger partial charge is 0.463 e. The van der Waals surface area contributed by atoms with E-state index in [0.29, 0.717) is 0 Å². The molecular weight excluding hydrogens is 683 g/mol. The third-order valence-corrected chi connectivity index (χ3v) is 6.88. The van der Waals surface area contributed by atoms with Crippen LogP contribution < -0.4 is 10.6 Å². The third kappa shape index (κ3) is 13.2.